The van der Waals surface area contributed by atoms with E-state index in [1.807, 2.05) is 18.2 Å². The van der Waals surface area contributed by atoms with Crippen LogP contribution >= 0.6 is 27.3 Å². The van der Waals surface area contributed by atoms with Crippen molar-refractivity contribution >= 4 is 44.1 Å². The van der Waals surface area contributed by atoms with Crippen molar-refractivity contribution in [2.45, 2.75) is 38.7 Å². The summed E-state index contributed by atoms with van der Waals surface area (Å²) in [5.41, 5.74) is 1.51. The average Bonchev–Trinajstić information content (AvgIpc) is 3.00. The minimum absolute atomic E-state index is 0.301. The lowest BCUT2D eigenvalue weighted by Gasteiger charge is -2.16. The van der Waals surface area contributed by atoms with Crippen LogP contribution in [0.15, 0.2) is 28.7 Å². The summed E-state index contributed by atoms with van der Waals surface area (Å²) in [6, 6.07) is 7.36. The Hall–Kier alpha value is -1.86. The second-order valence-corrected chi connectivity index (χ2v) is 8.05. The molecule has 1 aromatic carbocycles. The molecule has 0 saturated heterocycles. The smallest absolute Gasteiger partial charge is 0.341 e. The molecule has 0 bridgehead atoms. The zero-order valence-electron chi connectivity index (χ0n) is 14.6. The summed E-state index contributed by atoms with van der Waals surface area (Å²) in [7, 11) is 1.36. The molecule has 1 aromatic heterocycles. The van der Waals surface area contributed by atoms with E-state index in [1.165, 1.54) is 18.4 Å². The summed E-state index contributed by atoms with van der Waals surface area (Å²) in [6.07, 6.45) is 3.21. The number of hydrogen-bond acceptors (Lipinski definition) is 5. The Kier molecular flexibility index (Phi) is 5.98. The number of ether oxygens (including phenoxy) is 2. The third-order valence-corrected chi connectivity index (χ3v) is 6.17. The van der Waals surface area contributed by atoms with E-state index in [0.29, 0.717) is 16.3 Å². The predicted octanol–water partition coefficient (Wildman–Crippen LogP) is 4.58. The van der Waals surface area contributed by atoms with Crippen molar-refractivity contribution in [1.82, 2.24) is 0 Å². The molecule has 26 heavy (non-hydrogen) atoms. The van der Waals surface area contributed by atoms with Crippen LogP contribution in [0, 0.1) is 0 Å². The first-order valence-corrected chi connectivity index (χ1v) is 10.1. The van der Waals surface area contributed by atoms with Gasteiger partial charge in [-0.05, 0) is 66.2 Å². The minimum Gasteiger partial charge on any atom is -0.480 e. The van der Waals surface area contributed by atoms with Gasteiger partial charge in [0, 0.05) is 4.88 Å². The number of aryl methyl sites for hydroxylation is 1. The molecule has 1 heterocycles. The second kappa shape index (κ2) is 8.22. The summed E-state index contributed by atoms with van der Waals surface area (Å²) < 4.78 is 11.5. The highest BCUT2D eigenvalue weighted by Crippen LogP contribution is 2.38. The molecule has 2 aromatic rings. The normalized spacial score (nSPS) is 14.3. The maximum atomic E-state index is 12.6. The SMILES string of the molecule is COC(=O)c1c(NC(=O)[C@@H](C)Oc2ccccc2Br)sc2c1CCCC2. The van der Waals surface area contributed by atoms with Crippen LogP contribution in [0.25, 0.3) is 0 Å². The summed E-state index contributed by atoms with van der Waals surface area (Å²) in [5, 5.41) is 3.41. The van der Waals surface area contributed by atoms with Crippen molar-refractivity contribution in [3.8, 4) is 5.75 Å². The topological polar surface area (TPSA) is 64.6 Å². The molecule has 0 aliphatic heterocycles. The monoisotopic (exact) mass is 437 g/mol. The maximum Gasteiger partial charge on any atom is 0.341 e. The van der Waals surface area contributed by atoms with Gasteiger partial charge in [0.05, 0.1) is 17.1 Å². The zero-order chi connectivity index (χ0) is 18.7. The van der Waals surface area contributed by atoms with E-state index in [1.54, 1.807) is 13.0 Å². The molecule has 1 N–H and O–H groups in total. The summed E-state index contributed by atoms with van der Waals surface area (Å²) in [4.78, 5) is 26.0. The number of benzene rings is 1. The van der Waals surface area contributed by atoms with Gasteiger partial charge in [0.15, 0.2) is 6.10 Å². The van der Waals surface area contributed by atoms with Gasteiger partial charge in [0.1, 0.15) is 10.8 Å². The van der Waals surface area contributed by atoms with Gasteiger partial charge >= 0.3 is 5.97 Å². The molecular weight excluding hydrogens is 418 g/mol. The Morgan fingerprint density at radius 3 is 2.69 bits per heavy atom. The highest BCUT2D eigenvalue weighted by atomic mass is 79.9. The van der Waals surface area contributed by atoms with E-state index in [2.05, 4.69) is 21.2 Å². The molecule has 0 radical (unpaired) electrons. The number of fused-ring (bicyclic) bond motifs is 1. The van der Waals surface area contributed by atoms with Gasteiger partial charge in [-0.2, -0.15) is 0 Å². The van der Waals surface area contributed by atoms with Crippen molar-refractivity contribution in [1.29, 1.82) is 0 Å². The van der Waals surface area contributed by atoms with E-state index in [0.717, 1.165) is 40.6 Å². The van der Waals surface area contributed by atoms with Crippen molar-refractivity contribution in [2.75, 3.05) is 12.4 Å². The van der Waals surface area contributed by atoms with Crippen LogP contribution in [-0.2, 0) is 22.4 Å². The van der Waals surface area contributed by atoms with Gasteiger partial charge in [-0.15, -0.1) is 11.3 Å². The third kappa shape index (κ3) is 3.94. The molecule has 1 aliphatic carbocycles. The number of rotatable bonds is 5. The van der Waals surface area contributed by atoms with Crippen LogP contribution in [0.4, 0.5) is 5.00 Å². The molecule has 7 heteroatoms. The van der Waals surface area contributed by atoms with Gasteiger partial charge in [-0.3, -0.25) is 4.79 Å². The Morgan fingerprint density at radius 1 is 1.23 bits per heavy atom. The lowest BCUT2D eigenvalue weighted by molar-refractivity contribution is -0.122. The first-order valence-electron chi connectivity index (χ1n) is 8.46. The van der Waals surface area contributed by atoms with Gasteiger partial charge in [0.2, 0.25) is 0 Å². The lowest BCUT2D eigenvalue weighted by atomic mass is 9.95. The van der Waals surface area contributed by atoms with E-state index < -0.39 is 12.1 Å². The average molecular weight is 438 g/mol. The fourth-order valence-electron chi connectivity index (χ4n) is 2.97. The number of hydrogen-bond donors (Lipinski definition) is 1. The number of amides is 1. The molecule has 5 nitrogen and oxygen atoms in total. The molecule has 0 saturated carbocycles. The van der Waals surface area contributed by atoms with Crippen LogP contribution < -0.4 is 10.1 Å². The summed E-state index contributed by atoms with van der Waals surface area (Å²) >= 11 is 4.87. The van der Waals surface area contributed by atoms with E-state index >= 15 is 0 Å². The number of nitrogens with one attached hydrogen (secondary N) is 1. The Bertz CT molecular complexity index is 833. The standard InChI is InChI=1S/C19H20BrNO4S/c1-11(25-14-9-5-4-8-13(14)20)17(22)21-18-16(19(23)24-2)12-7-3-6-10-15(12)26-18/h4-5,8-9,11H,3,6-7,10H2,1-2H3,(H,21,22)/t11-/m1/s1. The first kappa shape index (κ1) is 18.9. The third-order valence-electron chi connectivity index (χ3n) is 4.31. The van der Waals surface area contributed by atoms with E-state index in [-0.39, 0.29) is 5.91 Å². The van der Waals surface area contributed by atoms with Crippen LogP contribution in [0.5, 0.6) is 5.75 Å². The molecular formula is C19H20BrNO4S. The largest absolute Gasteiger partial charge is 0.480 e. The number of carbonyl (C=O) groups is 2. The van der Waals surface area contributed by atoms with Gasteiger partial charge < -0.3 is 14.8 Å². The lowest BCUT2D eigenvalue weighted by Crippen LogP contribution is -2.30. The Balaban J connectivity index is 1.79. The van der Waals surface area contributed by atoms with Crippen LogP contribution in [0.3, 0.4) is 0 Å². The predicted molar refractivity (Wildman–Crippen MR) is 105 cm³/mol. The second-order valence-electron chi connectivity index (χ2n) is 6.09. The number of methoxy groups -OCH3 is 1. The number of halogens is 1. The fourth-order valence-corrected chi connectivity index (χ4v) is 4.63. The molecule has 1 atom stereocenters. The molecule has 1 aliphatic rings. The minimum atomic E-state index is -0.710. The van der Waals surface area contributed by atoms with Crippen molar-refractivity contribution in [2.24, 2.45) is 0 Å². The van der Waals surface area contributed by atoms with Gasteiger partial charge in [-0.1, -0.05) is 12.1 Å². The molecule has 138 valence electrons. The number of para-hydroxylation sites is 1. The Labute approximate surface area is 164 Å². The number of esters is 1. The number of carbonyl (C=O) groups excluding carboxylic acids is 2. The van der Waals surface area contributed by atoms with Crippen molar-refractivity contribution in [3.05, 3.63) is 44.7 Å². The van der Waals surface area contributed by atoms with Crippen molar-refractivity contribution in [3.63, 3.8) is 0 Å². The molecule has 0 fully saturated rings. The van der Waals surface area contributed by atoms with Crippen LogP contribution in [0.2, 0.25) is 0 Å². The van der Waals surface area contributed by atoms with E-state index in [9.17, 15) is 9.59 Å². The van der Waals surface area contributed by atoms with Crippen LogP contribution in [0.1, 0.15) is 40.6 Å². The van der Waals surface area contributed by atoms with E-state index in [4.69, 9.17) is 9.47 Å². The summed E-state index contributed by atoms with van der Waals surface area (Å²) in [5.74, 6) is -0.114. The summed E-state index contributed by atoms with van der Waals surface area (Å²) in [6.45, 7) is 1.68. The molecule has 1 amide bonds. The number of thiophene rings is 1. The quantitative estimate of drug-likeness (QED) is 0.694. The highest BCUT2D eigenvalue weighted by Gasteiger charge is 2.28. The van der Waals surface area contributed by atoms with Gasteiger partial charge in [0.25, 0.3) is 5.91 Å². The highest BCUT2D eigenvalue weighted by molar-refractivity contribution is 9.10. The first-order chi connectivity index (χ1) is 12.5. The fraction of sp³-hybridized carbons (Fsp3) is 0.368. The number of anilines is 1. The maximum absolute atomic E-state index is 12.6. The molecule has 3 rings (SSSR count). The molecule has 0 unspecified atom stereocenters. The zero-order valence-corrected chi connectivity index (χ0v) is 17.0. The van der Waals surface area contributed by atoms with Crippen molar-refractivity contribution < 1.29 is 19.1 Å². The Morgan fingerprint density at radius 2 is 1.96 bits per heavy atom. The van der Waals surface area contributed by atoms with Gasteiger partial charge in [-0.25, -0.2) is 4.79 Å². The molecule has 0 spiro atoms. The van der Waals surface area contributed by atoms with Crippen LogP contribution in [-0.4, -0.2) is 25.1 Å².